The monoisotopic (exact) mass is 306 g/mol. The number of benzene rings is 1. The van der Waals surface area contributed by atoms with Gasteiger partial charge >= 0.3 is 0 Å². The van der Waals surface area contributed by atoms with Gasteiger partial charge in [0.2, 0.25) is 0 Å². The molecule has 0 saturated heterocycles. The minimum Gasteiger partial charge on any atom is -0.207 e. The highest BCUT2D eigenvalue weighted by atomic mass is 79.9. The minimum atomic E-state index is -4.14. The van der Waals surface area contributed by atoms with Gasteiger partial charge in [-0.2, -0.15) is 0 Å². The molecule has 1 rings (SSSR count). The lowest BCUT2D eigenvalue weighted by Crippen LogP contribution is -1.96. The summed E-state index contributed by atoms with van der Waals surface area (Å²) in [6.07, 6.45) is 0. The largest absolute Gasteiger partial charge is 0.265 e. The highest BCUT2D eigenvalue weighted by molar-refractivity contribution is 9.10. The second-order valence-corrected chi connectivity index (χ2v) is 5.96. The summed E-state index contributed by atoms with van der Waals surface area (Å²) < 4.78 is 35.0. The van der Waals surface area contributed by atoms with Gasteiger partial charge in [0.1, 0.15) is 10.7 Å². The van der Waals surface area contributed by atoms with Gasteiger partial charge in [-0.25, -0.2) is 12.8 Å². The van der Waals surface area contributed by atoms with Gasteiger partial charge in [0, 0.05) is 15.2 Å². The van der Waals surface area contributed by atoms with Crippen molar-refractivity contribution in [3.63, 3.8) is 0 Å². The fourth-order valence-electron chi connectivity index (χ4n) is 0.762. The summed E-state index contributed by atoms with van der Waals surface area (Å²) in [4.78, 5) is -0.695. The first-order valence-electron chi connectivity index (χ1n) is 2.91. The van der Waals surface area contributed by atoms with Crippen molar-refractivity contribution in [3.05, 3.63) is 27.4 Å². The predicted molar refractivity (Wildman–Crippen MR) is 52.1 cm³/mol. The lowest BCUT2D eigenvalue weighted by molar-refractivity contribution is 0.575. The quantitative estimate of drug-likeness (QED) is 0.747. The maximum Gasteiger partial charge on any atom is 0.265 e. The van der Waals surface area contributed by atoms with Gasteiger partial charge < -0.3 is 0 Å². The van der Waals surface area contributed by atoms with Crippen LogP contribution in [-0.4, -0.2) is 8.42 Å². The van der Waals surface area contributed by atoms with Crippen molar-refractivity contribution in [2.24, 2.45) is 0 Å². The number of hydrogen-bond acceptors (Lipinski definition) is 2. The van der Waals surface area contributed by atoms with Gasteiger partial charge in [0.05, 0.1) is 5.02 Å². The lowest BCUT2D eigenvalue weighted by atomic mass is 10.3. The average Bonchev–Trinajstić information content (AvgIpc) is 1.78. The Labute approximate surface area is 92.2 Å². The van der Waals surface area contributed by atoms with E-state index in [1.165, 1.54) is 6.07 Å². The van der Waals surface area contributed by atoms with E-state index in [2.05, 4.69) is 15.9 Å². The summed E-state index contributed by atoms with van der Waals surface area (Å²) >= 11 is 8.44. The third kappa shape index (κ3) is 2.56. The number of rotatable bonds is 1. The maximum absolute atomic E-state index is 13.0. The van der Waals surface area contributed by atoms with E-state index in [4.69, 9.17) is 22.3 Å². The molecule has 0 fully saturated rings. The van der Waals surface area contributed by atoms with Gasteiger partial charge in [-0.15, -0.1) is 0 Å². The van der Waals surface area contributed by atoms with Crippen LogP contribution in [0.1, 0.15) is 0 Å². The van der Waals surface area contributed by atoms with E-state index in [0.717, 1.165) is 6.07 Å². The Morgan fingerprint density at radius 2 is 1.92 bits per heavy atom. The van der Waals surface area contributed by atoms with Crippen LogP contribution in [0.25, 0.3) is 0 Å². The van der Waals surface area contributed by atoms with E-state index in [1.54, 1.807) is 0 Å². The van der Waals surface area contributed by atoms with Crippen LogP contribution in [0.15, 0.2) is 21.5 Å². The van der Waals surface area contributed by atoms with Crippen molar-refractivity contribution in [2.45, 2.75) is 4.90 Å². The fourth-order valence-corrected chi connectivity index (χ4v) is 3.01. The van der Waals surface area contributed by atoms with Crippen LogP contribution in [0, 0.1) is 5.82 Å². The van der Waals surface area contributed by atoms with E-state index >= 15 is 0 Å². The van der Waals surface area contributed by atoms with Gasteiger partial charge in [0.25, 0.3) is 9.05 Å². The molecule has 0 bridgehead atoms. The smallest absolute Gasteiger partial charge is 0.207 e. The zero-order valence-corrected chi connectivity index (χ0v) is 9.81. The van der Waals surface area contributed by atoms with Gasteiger partial charge in [-0.3, -0.25) is 0 Å². The Morgan fingerprint density at radius 3 is 2.31 bits per heavy atom. The van der Waals surface area contributed by atoms with Crippen molar-refractivity contribution < 1.29 is 12.8 Å². The molecule has 72 valence electrons. The van der Waals surface area contributed by atoms with Gasteiger partial charge in [-0.05, 0) is 12.1 Å². The molecule has 7 heteroatoms. The van der Waals surface area contributed by atoms with E-state index in [1.807, 2.05) is 0 Å². The second-order valence-electron chi connectivity index (χ2n) is 2.14. The standard InChI is InChI=1S/C6H2BrCl2FO2S/c7-3-1-4(8)6(5(10)2-3)13(9,11)12/h1-2H. The molecule has 0 N–H and O–H groups in total. The van der Waals surface area contributed by atoms with Crippen LogP contribution in [0.5, 0.6) is 0 Å². The fraction of sp³-hybridized carbons (Fsp3) is 0. The molecule has 0 heterocycles. The van der Waals surface area contributed by atoms with Crippen LogP contribution in [0.3, 0.4) is 0 Å². The maximum atomic E-state index is 13.0. The number of hydrogen-bond donors (Lipinski definition) is 0. The summed E-state index contributed by atoms with van der Waals surface area (Å²) in [6.45, 7) is 0. The molecule has 0 radical (unpaired) electrons. The van der Waals surface area contributed by atoms with Crippen LogP contribution in [0.4, 0.5) is 4.39 Å². The second kappa shape index (κ2) is 3.73. The molecule has 2 nitrogen and oxygen atoms in total. The Hall–Kier alpha value is 0.160. The number of halogens is 4. The summed E-state index contributed by atoms with van der Waals surface area (Å²) in [5, 5.41) is -0.248. The molecule has 0 spiro atoms. The van der Waals surface area contributed by atoms with Crippen molar-refractivity contribution in [2.75, 3.05) is 0 Å². The van der Waals surface area contributed by atoms with E-state index in [-0.39, 0.29) is 5.02 Å². The normalized spacial score (nSPS) is 11.7. The molecule has 0 saturated carbocycles. The van der Waals surface area contributed by atoms with Crippen molar-refractivity contribution >= 4 is 47.3 Å². The highest BCUT2D eigenvalue weighted by Crippen LogP contribution is 2.30. The molecular weight excluding hydrogens is 306 g/mol. The summed E-state index contributed by atoms with van der Waals surface area (Å²) in [6, 6.07) is 2.22. The minimum absolute atomic E-state index is 0.248. The summed E-state index contributed by atoms with van der Waals surface area (Å²) in [7, 11) is 0.817. The third-order valence-electron chi connectivity index (χ3n) is 1.21. The van der Waals surface area contributed by atoms with Gasteiger partial charge in [0.15, 0.2) is 0 Å². The third-order valence-corrected chi connectivity index (χ3v) is 3.44. The van der Waals surface area contributed by atoms with Crippen LogP contribution < -0.4 is 0 Å². The average molecular weight is 308 g/mol. The van der Waals surface area contributed by atoms with E-state index in [0.29, 0.717) is 4.47 Å². The van der Waals surface area contributed by atoms with E-state index < -0.39 is 19.8 Å². The topological polar surface area (TPSA) is 34.1 Å². The van der Waals surface area contributed by atoms with E-state index in [9.17, 15) is 12.8 Å². The van der Waals surface area contributed by atoms with Gasteiger partial charge in [-0.1, -0.05) is 27.5 Å². The zero-order valence-electron chi connectivity index (χ0n) is 5.89. The summed E-state index contributed by atoms with van der Waals surface area (Å²) in [5.41, 5.74) is 0. The Kier molecular flexibility index (Phi) is 3.22. The molecule has 0 amide bonds. The molecular formula is C6H2BrCl2FO2S. The molecule has 0 aliphatic rings. The van der Waals surface area contributed by atoms with Crippen molar-refractivity contribution in [1.82, 2.24) is 0 Å². The molecule has 0 aromatic heterocycles. The first-order chi connectivity index (χ1) is 5.82. The zero-order chi connectivity index (χ0) is 10.2. The molecule has 0 atom stereocenters. The van der Waals surface area contributed by atoms with Crippen LogP contribution >= 0.6 is 38.2 Å². The Balaban J connectivity index is 3.57. The predicted octanol–water partition coefficient (Wildman–Crippen LogP) is 3.17. The lowest BCUT2D eigenvalue weighted by Gasteiger charge is -2.01. The first kappa shape index (κ1) is 11.2. The first-order valence-corrected chi connectivity index (χ1v) is 6.39. The molecule has 1 aromatic carbocycles. The van der Waals surface area contributed by atoms with Crippen molar-refractivity contribution in [3.8, 4) is 0 Å². The van der Waals surface area contributed by atoms with Crippen LogP contribution in [0.2, 0.25) is 5.02 Å². The van der Waals surface area contributed by atoms with Crippen LogP contribution in [-0.2, 0) is 9.05 Å². The molecule has 1 aromatic rings. The molecule has 0 unspecified atom stereocenters. The molecule has 13 heavy (non-hydrogen) atoms. The molecule has 0 aliphatic heterocycles. The Morgan fingerprint density at radius 1 is 1.38 bits per heavy atom. The van der Waals surface area contributed by atoms with Crippen molar-refractivity contribution in [1.29, 1.82) is 0 Å². The summed E-state index contributed by atoms with van der Waals surface area (Å²) in [5.74, 6) is -0.977. The molecule has 0 aliphatic carbocycles. The highest BCUT2D eigenvalue weighted by Gasteiger charge is 2.20. The Bertz CT molecular complexity index is 423. The SMILES string of the molecule is O=S(=O)(Cl)c1c(F)cc(Br)cc1Cl.